The fourth-order valence-corrected chi connectivity index (χ4v) is 0.904. The van der Waals surface area contributed by atoms with Crippen LogP contribution in [-0.2, 0) is 4.79 Å². The maximum Gasteiger partial charge on any atom is 1.00 e. The van der Waals surface area contributed by atoms with Gasteiger partial charge in [-0.05, 0) is 0 Å². The minimum absolute atomic E-state index is 0. The Bertz CT molecular complexity index is 454. The SMILES string of the molecule is O=C(O)C(F)(F)C(F)(F)C(F)(F)C(F)(F)C(F)(F)C(F)(F)F.[K+]. The Morgan fingerprint density at radius 3 is 1.04 bits per heavy atom. The Morgan fingerprint density at radius 1 is 0.565 bits per heavy atom. The van der Waals surface area contributed by atoms with Gasteiger partial charge in [0.1, 0.15) is 0 Å². The van der Waals surface area contributed by atoms with Gasteiger partial charge in [0.15, 0.2) is 0 Å². The van der Waals surface area contributed by atoms with Crippen molar-refractivity contribution in [3.8, 4) is 0 Å². The summed E-state index contributed by atoms with van der Waals surface area (Å²) in [6, 6.07) is 0. The van der Waals surface area contributed by atoms with Crippen LogP contribution >= 0.6 is 0 Å². The summed E-state index contributed by atoms with van der Waals surface area (Å²) in [4.78, 5) is 9.67. The first-order valence-electron chi connectivity index (χ1n) is 4.38. The third-order valence-corrected chi connectivity index (χ3v) is 2.20. The van der Waals surface area contributed by atoms with Crippen molar-refractivity contribution in [3.63, 3.8) is 0 Å². The van der Waals surface area contributed by atoms with Crippen molar-refractivity contribution in [2.45, 2.75) is 35.8 Å². The van der Waals surface area contributed by atoms with E-state index in [1.54, 1.807) is 0 Å². The van der Waals surface area contributed by atoms with Crippen molar-refractivity contribution in [1.82, 2.24) is 0 Å². The molecule has 1 N–H and O–H groups in total. The van der Waals surface area contributed by atoms with E-state index in [1.165, 1.54) is 0 Å². The standard InChI is InChI=1S/C7HF13O2.K/c8-2(9,1(21)22)3(10,11)4(12,13)5(14,15)6(16,17)7(18,19)20;/h(H,21,22);/q;+1. The first-order valence-corrected chi connectivity index (χ1v) is 4.38. The number of hydrogen-bond donors (Lipinski definition) is 1. The van der Waals surface area contributed by atoms with Gasteiger partial charge in [-0.15, -0.1) is 0 Å². The van der Waals surface area contributed by atoms with Gasteiger partial charge in [-0.25, -0.2) is 4.79 Å². The van der Waals surface area contributed by atoms with Crippen molar-refractivity contribution in [2.24, 2.45) is 0 Å². The number of hydrogen-bond acceptors (Lipinski definition) is 1. The van der Waals surface area contributed by atoms with E-state index < -0.39 is 41.8 Å². The maximum atomic E-state index is 12.6. The monoisotopic (exact) mass is 403 g/mol. The van der Waals surface area contributed by atoms with Crippen molar-refractivity contribution >= 4 is 5.97 Å². The molecular weight excluding hydrogens is 402 g/mol. The zero-order chi connectivity index (χ0) is 18.6. The molecule has 0 aliphatic rings. The van der Waals surface area contributed by atoms with Crippen LogP contribution in [0.3, 0.4) is 0 Å². The summed E-state index contributed by atoms with van der Waals surface area (Å²) in [6.45, 7) is 0. The second-order valence-corrected chi connectivity index (χ2v) is 3.67. The van der Waals surface area contributed by atoms with E-state index in [1.807, 2.05) is 0 Å². The number of carboxylic acids is 1. The third kappa shape index (κ3) is 3.45. The Hall–Kier alpha value is 0.196. The number of alkyl halides is 13. The van der Waals surface area contributed by atoms with Gasteiger partial charge in [-0.1, -0.05) is 0 Å². The molecule has 0 aromatic carbocycles. The average Bonchev–Trinajstić information content (AvgIpc) is 2.25. The van der Waals surface area contributed by atoms with Gasteiger partial charge in [0, 0.05) is 0 Å². The Labute approximate surface area is 159 Å². The van der Waals surface area contributed by atoms with Crippen LogP contribution in [0.1, 0.15) is 0 Å². The molecule has 23 heavy (non-hydrogen) atoms. The molecule has 0 rings (SSSR count). The molecule has 0 unspecified atom stereocenters. The molecule has 0 fully saturated rings. The van der Waals surface area contributed by atoms with Gasteiger partial charge in [-0.2, -0.15) is 57.1 Å². The van der Waals surface area contributed by atoms with Crippen LogP contribution in [-0.4, -0.2) is 46.9 Å². The second kappa shape index (κ2) is 6.49. The van der Waals surface area contributed by atoms with Crippen LogP contribution in [0.25, 0.3) is 0 Å². The van der Waals surface area contributed by atoms with E-state index in [0.717, 1.165) is 0 Å². The van der Waals surface area contributed by atoms with Crippen LogP contribution < -0.4 is 51.4 Å². The Morgan fingerprint density at radius 2 is 0.826 bits per heavy atom. The first kappa shape index (κ1) is 25.4. The van der Waals surface area contributed by atoms with E-state index in [2.05, 4.69) is 0 Å². The molecule has 132 valence electrons. The molecule has 0 spiro atoms. The molecule has 0 atom stereocenters. The predicted octanol–water partition coefficient (Wildman–Crippen LogP) is 0.814. The van der Waals surface area contributed by atoms with Crippen molar-refractivity contribution in [3.05, 3.63) is 0 Å². The van der Waals surface area contributed by atoms with Gasteiger partial charge in [0.05, 0.1) is 0 Å². The van der Waals surface area contributed by atoms with E-state index in [4.69, 9.17) is 5.11 Å². The van der Waals surface area contributed by atoms with Gasteiger partial charge in [0.2, 0.25) is 0 Å². The van der Waals surface area contributed by atoms with E-state index >= 15 is 0 Å². The molecule has 0 aromatic rings. The molecular formula is C7HF13KO2+. The Balaban J connectivity index is 0. The van der Waals surface area contributed by atoms with Crippen molar-refractivity contribution in [2.75, 3.05) is 0 Å². The van der Waals surface area contributed by atoms with Gasteiger partial charge in [-0.3, -0.25) is 0 Å². The summed E-state index contributed by atoms with van der Waals surface area (Å²) < 4.78 is 159. The third-order valence-electron chi connectivity index (χ3n) is 2.20. The number of rotatable bonds is 5. The number of carbonyl (C=O) groups is 1. The normalized spacial score (nSPS) is 15.2. The summed E-state index contributed by atoms with van der Waals surface area (Å²) in [5.41, 5.74) is 0. The number of carboxylic acid groups (broad SMARTS) is 1. The average molecular weight is 403 g/mol. The van der Waals surface area contributed by atoms with Gasteiger partial charge < -0.3 is 5.11 Å². The Kier molecular flexibility index (Phi) is 7.18. The maximum absolute atomic E-state index is 12.6. The molecule has 0 aliphatic carbocycles. The minimum atomic E-state index is -8.08. The summed E-state index contributed by atoms with van der Waals surface area (Å²) in [5, 5.41) is 7.55. The summed E-state index contributed by atoms with van der Waals surface area (Å²) in [7, 11) is 0. The molecule has 0 saturated carbocycles. The van der Waals surface area contributed by atoms with Crippen LogP contribution in [0.5, 0.6) is 0 Å². The molecule has 0 aromatic heterocycles. The van der Waals surface area contributed by atoms with E-state index in [9.17, 15) is 61.9 Å². The smallest absolute Gasteiger partial charge is 0.477 e. The zero-order valence-corrected chi connectivity index (χ0v) is 13.4. The topological polar surface area (TPSA) is 37.3 Å². The predicted molar refractivity (Wildman–Crippen MR) is 38.4 cm³/mol. The molecule has 2 nitrogen and oxygen atoms in total. The molecule has 16 heteroatoms. The second-order valence-electron chi connectivity index (χ2n) is 3.67. The quantitative estimate of drug-likeness (QED) is 0.545. The summed E-state index contributed by atoms with van der Waals surface area (Å²) in [6.07, 6.45) is -7.52. The summed E-state index contributed by atoms with van der Waals surface area (Å²) in [5.74, 6) is -43.0. The van der Waals surface area contributed by atoms with Crippen molar-refractivity contribution < 1.29 is 118 Å². The van der Waals surface area contributed by atoms with Crippen LogP contribution in [0.4, 0.5) is 57.1 Å². The molecule has 0 radical (unpaired) electrons. The fraction of sp³-hybridized carbons (Fsp3) is 0.857. The van der Waals surface area contributed by atoms with E-state index in [-0.39, 0.29) is 51.4 Å². The van der Waals surface area contributed by atoms with E-state index in [0.29, 0.717) is 0 Å². The van der Waals surface area contributed by atoms with Crippen LogP contribution in [0.2, 0.25) is 0 Å². The minimum Gasteiger partial charge on any atom is -0.477 e. The van der Waals surface area contributed by atoms with Crippen LogP contribution in [0, 0.1) is 0 Å². The van der Waals surface area contributed by atoms with Crippen molar-refractivity contribution in [1.29, 1.82) is 0 Å². The number of aliphatic carboxylic acids is 1. The first-order chi connectivity index (χ1) is 9.19. The molecule has 0 amide bonds. The molecule has 0 aliphatic heterocycles. The molecule has 0 bridgehead atoms. The van der Waals surface area contributed by atoms with Gasteiger partial charge in [0.25, 0.3) is 0 Å². The van der Waals surface area contributed by atoms with Crippen LogP contribution in [0.15, 0.2) is 0 Å². The fourth-order valence-electron chi connectivity index (χ4n) is 0.904. The molecule has 0 heterocycles. The van der Waals surface area contributed by atoms with Gasteiger partial charge >= 0.3 is 93.1 Å². The largest absolute Gasteiger partial charge is 1.00 e. The zero-order valence-electron chi connectivity index (χ0n) is 10.3. The summed E-state index contributed by atoms with van der Waals surface area (Å²) >= 11 is 0. The molecule has 0 saturated heterocycles. The number of halogens is 13.